The lowest BCUT2D eigenvalue weighted by atomic mass is 10.0. The van der Waals surface area contributed by atoms with Gasteiger partial charge in [0.2, 0.25) is 5.91 Å². The van der Waals surface area contributed by atoms with E-state index in [4.69, 9.17) is 0 Å². The lowest BCUT2D eigenvalue weighted by molar-refractivity contribution is -0.330. The van der Waals surface area contributed by atoms with Crippen molar-refractivity contribution in [2.45, 2.75) is 51.9 Å². The zero-order valence-corrected chi connectivity index (χ0v) is 15.3. The van der Waals surface area contributed by atoms with Gasteiger partial charge in [-0.25, -0.2) is 0 Å². The van der Waals surface area contributed by atoms with Gasteiger partial charge in [-0.2, -0.15) is 0 Å². The fourth-order valence-corrected chi connectivity index (χ4v) is 4.25. The van der Waals surface area contributed by atoms with Crippen LogP contribution in [0.5, 0.6) is 0 Å². The highest BCUT2D eigenvalue weighted by atomic mass is 31.2. The molecule has 0 radical (unpaired) electrons. The Balaban J connectivity index is 4.26. The maximum atomic E-state index is 11.7. The highest BCUT2D eigenvalue weighted by molar-refractivity contribution is 7.68. The fourth-order valence-electron chi connectivity index (χ4n) is 1.98. The summed E-state index contributed by atoms with van der Waals surface area (Å²) in [6.45, 7) is 5.48. The number of rotatable bonds is 10. The molecule has 10 heteroatoms. The molecule has 0 aromatic rings. The Morgan fingerprint density at radius 1 is 1.09 bits per heavy atom. The molecule has 0 aliphatic carbocycles. The Bertz CT molecular complexity index is 482. The lowest BCUT2D eigenvalue weighted by Gasteiger charge is -2.49. The van der Waals surface area contributed by atoms with Crippen LogP contribution >= 0.6 is 15.2 Å². The van der Waals surface area contributed by atoms with Crippen LogP contribution in [-0.4, -0.2) is 17.9 Å². The minimum atomic E-state index is -5.56. The molecule has 1 atom stereocenters. The predicted molar refractivity (Wildman–Crippen MR) is 79.1 cm³/mol. The molecule has 8 nitrogen and oxygen atoms in total. The number of hydrogen-bond donors (Lipinski definition) is 1. The molecule has 0 spiro atoms. The molecule has 0 rings (SSSR count). The zero-order chi connectivity index (χ0) is 18.3. The molecule has 0 fully saturated rings. The van der Waals surface area contributed by atoms with Gasteiger partial charge in [0.15, 0.2) is 0 Å². The van der Waals surface area contributed by atoms with Crippen molar-refractivity contribution in [2.75, 3.05) is 6.54 Å². The first kappa shape index (κ1) is 22.5. The number of allylic oxidation sites excluding steroid dienone is 2. The van der Waals surface area contributed by atoms with Crippen LogP contribution < -0.4 is 24.9 Å². The van der Waals surface area contributed by atoms with Crippen LogP contribution in [0, 0.1) is 5.92 Å². The summed E-state index contributed by atoms with van der Waals surface area (Å²) in [6, 6.07) is 0. The number of hydrogen-bond acceptors (Lipinski definition) is 7. The molecular weight excluding hydrogens is 344 g/mol. The van der Waals surface area contributed by atoms with Crippen molar-refractivity contribution in [2.24, 2.45) is 5.92 Å². The van der Waals surface area contributed by atoms with Crippen LogP contribution in [0.15, 0.2) is 11.6 Å². The molecule has 136 valence electrons. The first-order chi connectivity index (χ1) is 10.3. The number of amides is 1. The third-order valence-electron chi connectivity index (χ3n) is 3.20. The average Bonchev–Trinajstić information content (AvgIpc) is 2.30. The van der Waals surface area contributed by atoms with Crippen molar-refractivity contribution >= 4 is 21.1 Å². The van der Waals surface area contributed by atoms with Crippen LogP contribution in [0.2, 0.25) is 0 Å². The van der Waals surface area contributed by atoms with Crippen LogP contribution in [0.4, 0.5) is 0 Å². The number of carbonyl (C=O) groups excluding carboxylic acids is 1. The van der Waals surface area contributed by atoms with Crippen molar-refractivity contribution in [3.8, 4) is 0 Å². The van der Waals surface area contributed by atoms with E-state index >= 15 is 0 Å². The van der Waals surface area contributed by atoms with Gasteiger partial charge >= 0.3 is 0 Å². The fraction of sp³-hybridized carbons (Fsp3) is 0.769. The van der Waals surface area contributed by atoms with Crippen LogP contribution in [0.3, 0.4) is 0 Å². The zero-order valence-electron chi connectivity index (χ0n) is 13.5. The summed E-state index contributed by atoms with van der Waals surface area (Å²) in [5, 5.41) is -0.187. The molecule has 1 amide bonds. The molecule has 1 N–H and O–H groups in total. The first-order valence-corrected chi connectivity index (χ1v) is 10.5. The monoisotopic (exact) mass is 367 g/mol. The van der Waals surface area contributed by atoms with Crippen molar-refractivity contribution < 1.29 is 33.5 Å². The second-order valence-corrected chi connectivity index (χ2v) is 9.68. The SMILES string of the molecule is CC(C)=CCC[C@H](C)CC(=O)NCCC(P(=O)([O-])[O-])P(=O)([O-])[O-]. The van der Waals surface area contributed by atoms with Crippen LogP contribution in [0.25, 0.3) is 0 Å². The molecule has 0 aliphatic heterocycles. The van der Waals surface area contributed by atoms with E-state index in [1.54, 1.807) is 0 Å². The van der Waals surface area contributed by atoms with Crippen LogP contribution in [-0.2, 0) is 13.9 Å². The molecular formula is C13H23NO7P2-4. The Kier molecular flexibility index (Phi) is 9.51. The van der Waals surface area contributed by atoms with Gasteiger partial charge in [0.25, 0.3) is 0 Å². The number of nitrogens with one attached hydrogen (secondary N) is 1. The minimum absolute atomic E-state index is 0.0941. The standard InChI is InChI=1S/C13H27NO7P2/c1-10(2)5-4-6-11(3)9-12(15)14-8-7-13(22(16,17)18)23(19,20)21/h5,11,13H,4,6-9H2,1-3H3,(H,14,15)(H2,16,17,18)(H2,19,20,21)/p-4/t11-/m0/s1. The van der Waals surface area contributed by atoms with E-state index < -0.39 is 27.0 Å². The molecule has 0 saturated heterocycles. The second kappa shape index (κ2) is 9.72. The van der Waals surface area contributed by atoms with Gasteiger partial charge in [-0.15, -0.1) is 0 Å². The molecule has 23 heavy (non-hydrogen) atoms. The molecule has 0 aromatic carbocycles. The Hall–Kier alpha value is -0.490. The maximum Gasteiger partial charge on any atom is 0.220 e. The summed E-state index contributed by atoms with van der Waals surface area (Å²) in [5.41, 5.74) is 1.19. The molecule has 0 aromatic heterocycles. The summed E-state index contributed by atoms with van der Waals surface area (Å²) in [6.07, 6.45) is 3.16. The van der Waals surface area contributed by atoms with E-state index in [9.17, 15) is 33.5 Å². The molecule has 0 unspecified atom stereocenters. The summed E-state index contributed by atoms with van der Waals surface area (Å²) in [5.74, 6) is -0.289. The Morgan fingerprint density at radius 3 is 2.04 bits per heavy atom. The summed E-state index contributed by atoms with van der Waals surface area (Å²) in [7, 11) is -11.1. The van der Waals surface area contributed by atoms with Gasteiger partial charge in [0.05, 0.1) is 0 Å². The van der Waals surface area contributed by atoms with Gasteiger partial charge in [0.1, 0.15) is 0 Å². The minimum Gasteiger partial charge on any atom is -0.810 e. The highest BCUT2D eigenvalue weighted by Gasteiger charge is 2.17. The van der Waals surface area contributed by atoms with E-state index in [-0.39, 0.29) is 24.8 Å². The normalized spacial score (nSPS) is 13.7. The van der Waals surface area contributed by atoms with E-state index in [0.29, 0.717) is 0 Å². The van der Waals surface area contributed by atoms with E-state index in [2.05, 4.69) is 11.4 Å². The lowest BCUT2D eigenvalue weighted by Crippen LogP contribution is -2.37. The van der Waals surface area contributed by atoms with Gasteiger partial charge in [-0.3, -0.25) is 4.79 Å². The third-order valence-corrected chi connectivity index (χ3v) is 6.87. The summed E-state index contributed by atoms with van der Waals surface area (Å²) >= 11 is 0. The summed E-state index contributed by atoms with van der Waals surface area (Å²) in [4.78, 5) is 54.8. The second-order valence-electron chi connectivity index (χ2n) is 5.87. The van der Waals surface area contributed by atoms with Crippen molar-refractivity contribution in [1.82, 2.24) is 5.32 Å². The predicted octanol–water partition coefficient (Wildman–Crippen LogP) is -0.581. The van der Waals surface area contributed by atoms with Gasteiger partial charge in [-0.05, 0) is 39.0 Å². The Labute approximate surface area is 136 Å². The quantitative estimate of drug-likeness (QED) is 0.400. The van der Waals surface area contributed by atoms with E-state index in [0.717, 1.165) is 12.8 Å². The maximum absolute atomic E-state index is 11.7. The smallest absolute Gasteiger partial charge is 0.220 e. The molecule has 0 aliphatic rings. The van der Waals surface area contributed by atoms with Gasteiger partial charge in [-0.1, -0.05) is 33.8 Å². The van der Waals surface area contributed by atoms with E-state index in [1.165, 1.54) is 5.57 Å². The largest absolute Gasteiger partial charge is 0.810 e. The molecule has 0 heterocycles. The van der Waals surface area contributed by atoms with E-state index in [1.807, 2.05) is 20.8 Å². The molecule has 0 bridgehead atoms. The average molecular weight is 367 g/mol. The van der Waals surface area contributed by atoms with Crippen LogP contribution in [0.1, 0.15) is 46.5 Å². The Morgan fingerprint density at radius 2 is 1.61 bits per heavy atom. The third kappa shape index (κ3) is 10.8. The van der Waals surface area contributed by atoms with Crippen molar-refractivity contribution in [3.05, 3.63) is 11.6 Å². The van der Waals surface area contributed by atoms with Crippen molar-refractivity contribution in [3.63, 3.8) is 0 Å². The number of carbonyl (C=O) groups is 1. The summed E-state index contributed by atoms with van der Waals surface area (Å²) < 4.78 is 21.6. The van der Waals surface area contributed by atoms with Crippen molar-refractivity contribution in [1.29, 1.82) is 0 Å². The highest BCUT2D eigenvalue weighted by Crippen LogP contribution is 2.51. The van der Waals surface area contributed by atoms with Gasteiger partial charge in [0, 0.05) is 18.4 Å². The molecule has 0 saturated carbocycles. The first-order valence-electron chi connectivity index (χ1n) is 7.27. The van der Waals surface area contributed by atoms with Gasteiger partial charge < -0.3 is 34.0 Å². The topological polar surface area (TPSA) is 155 Å².